The number of ether oxygens (including phenoxy) is 1. The average molecular weight is 287 g/mol. The lowest BCUT2D eigenvalue weighted by Gasteiger charge is -2.17. The molecule has 11 heteroatoms. The van der Waals surface area contributed by atoms with Crippen molar-refractivity contribution in [2.24, 2.45) is 5.11 Å². The quantitative estimate of drug-likeness (QED) is 0.382. The van der Waals surface area contributed by atoms with Gasteiger partial charge in [0.05, 0.1) is 0 Å². The van der Waals surface area contributed by atoms with Gasteiger partial charge in [-0.05, 0) is 6.07 Å². The molecule has 1 aliphatic heterocycles. The zero-order valence-corrected chi connectivity index (χ0v) is 10.0. The molecule has 20 heavy (non-hydrogen) atoms. The summed E-state index contributed by atoms with van der Waals surface area (Å²) in [5.74, 6) is -0.0560. The van der Waals surface area contributed by atoms with E-state index in [1.165, 1.54) is 6.07 Å². The van der Waals surface area contributed by atoms with Crippen molar-refractivity contribution in [3.8, 4) is 0 Å². The van der Waals surface area contributed by atoms with Gasteiger partial charge >= 0.3 is 5.69 Å². The molecule has 0 radical (unpaired) electrons. The fourth-order valence-corrected chi connectivity index (χ4v) is 1.91. The summed E-state index contributed by atoms with van der Waals surface area (Å²) < 4.78 is 19.9. The first-order valence-electron chi connectivity index (χ1n) is 5.49. The maximum Gasteiger partial charge on any atom is 0.351 e. The molecular weight excluding hydrogens is 275 g/mol. The third-order valence-corrected chi connectivity index (χ3v) is 2.93. The van der Waals surface area contributed by atoms with Gasteiger partial charge in [0.2, 0.25) is 4.91 Å². The van der Waals surface area contributed by atoms with Crippen molar-refractivity contribution < 1.29 is 19.3 Å². The number of rotatable bonds is 3. The van der Waals surface area contributed by atoms with Gasteiger partial charge < -0.3 is 20.7 Å². The van der Waals surface area contributed by atoms with Crippen LogP contribution >= 0.6 is 0 Å². The van der Waals surface area contributed by atoms with Crippen LogP contribution in [-0.4, -0.2) is 44.4 Å². The van der Waals surface area contributed by atoms with Crippen LogP contribution in [-0.2, 0) is 4.74 Å². The van der Waals surface area contributed by atoms with E-state index in [-0.39, 0.29) is 5.82 Å². The molecule has 0 amide bonds. The molecular formula is C9H12FN6O4+. The van der Waals surface area contributed by atoms with Crippen LogP contribution in [0.3, 0.4) is 0 Å². The largest absolute Gasteiger partial charge is 0.391 e. The molecule has 1 fully saturated rings. The van der Waals surface area contributed by atoms with Gasteiger partial charge in [0.1, 0.15) is 24.1 Å². The Labute approximate surface area is 110 Å². The Bertz CT molecular complexity index is 617. The molecule has 2 rings (SSSR count). The maximum atomic E-state index is 14.1. The summed E-state index contributed by atoms with van der Waals surface area (Å²) in [5.41, 5.74) is 8.92. The van der Waals surface area contributed by atoms with Gasteiger partial charge in [-0.2, -0.15) is 4.98 Å². The Balaban J connectivity index is 2.45. The molecule has 0 aliphatic carbocycles. The van der Waals surface area contributed by atoms with Crippen molar-refractivity contribution in [2.75, 3.05) is 12.3 Å². The Kier molecular flexibility index (Phi) is 3.59. The lowest BCUT2D eigenvalue weighted by Crippen LogP contribution is -2.43. The number of anilines is 1. The van der Waals surface area contributed by atoms with Crippen LogP contribution in [0, 0.1) is 5.53 Å². The normalized spacial score (nSPS) is 32.9. The van der Waals surface area contributed by atoms with Gasteiger partial charge in [0.25, 0.3) is 5.72 Å². The van der Waals surface area contributed by atoms with Crippen molar-refractivity contribution in [1.82, 2.24) is 14.5 Å². The van der Waals surface area contributed by atoms with E-state index in [9.17, 15) is 19.4 Å². The number of aliphatic hydroxyl groups excluding tert-OH is 2. The molecule has 1 aromatic heterocycles. The topological polar surface area (TPSA) is 161 Å². The first-order chi connectivity index (χ1) is 9.45. The SMILES string of the molecule is N=[N+]=N[C@]1(CO)O[C@@H](n2ccc(N)nc2=O)[C@@H](F)[C@@H]1O. The highest BCUT2D eigenvalue weighted by atomic mass is 19.1. The minimum atomic E-state index is -2.13. The number of aromatic nitrogens is 2. The van der Waals surface area contributed by atoms with Gasteiger partial charge in [-0.1, -0.05) is 0 Å². The third kappa shape index (κ3) is 2.08. The van der Waals surface area contributed by atoms with E-state index < -0.39 is 36.5 Å². The Morgan fingerprint density at radius 3 is 3.00 bits per heavy atom. The van der Waals surface area contributed by atoms with E-state index in [0.29, 0.717) is 0 Å². The zero-order chi connectivity index (χ0) is 14.9. The zero-order valence-electron chi connectivity index (χ0n) is 10.0. The van der Waals surface area contributed by atoms with E-state index in [1.54, 1.807) is 0 Å². The van der Waals surface area contributed by atoms with Crippen molar-refractivity contribution in [2.45, 2.75) is 24.2 Å². The van der Waals surface area contributed by atoms with Crippen LogP contribution in [0.1, 0.15) is 6.23 Å². The number of nitrogen functional groups attached to an aromatic ring is 1. The standard InChI is InChI=1S/C9H11FN6O4/c10-5-6(18)9(3-17,14-15-12)20-7(5)16-2-1-4(11)13-8(16)19/h1-2,5-7,12,17-18H,3H2,(H-,11,13,19)/p+1/t5-,6-,7+,9+/m0/s1. The number of halogens is 1. The lowest BCUT2D eigenvalue weighted by molar-refractivity contribution is -0.128. The number of alkyl halides is 1. The van der Waals surface area contributed by atoms with Gasteiger partial charge in [0.15, 0.2) is 17.5 Å². The van der Waals surface area contributed by atoms with Crippen LogP contribution in [0.15, 0.2) is 22.2 Å². The first-order valence-corrected chi connectivity index (χ1v) is 5.49. The van der Waals surface area contributed by atoms with E-state index in [0.717, 1.165) is 10.8 Å². The van der Waals surface area contributed by atoms with Crippen LogP contribution in [0.2, 0.25) is 0 Å². The molecule has 108 valence electrons. The van der Waals surface area contributed by atoms with E-state index in [4.69, 9.17) is 16.0 Å². The summed E-state index contributed by atoms with van der Waals surface area (Å²) in [6.07, 6.45) is -4.39. The molecule has 0 aromatic carbocycles. The van der Waals surface area contributed by atoms with E-state index in [2.05, 4.69) is 15.0 Å². The van der Waals surface area contributed by atoms with Crippen molar-refractivity contribution >= 4 is 5.82 Å². The molecule has 0 saturated carbocycles. The summed E-state index contributed by atoms with van der Waals surface area (Å²) in [4.78, 5) is 17.7. The molecule has 1 saturated heterocycles. The van der Waals surface area contributed by atoms with E-state index in [1.807, 2.05) is 0 Å². The van der Waals surface area contributed by atoms with Gasteiger partial charge in [-0.25, -0.2) is 9.18 Å². The van der Waals surface area contributed by atoms with Crippen molar-refractivity contribution in [1.29, 1.82) is 5.53 Å². The first kappa shape index (κ1) is 14.2. The summed E-state index contributed by atoms with van der Waals surface area (Å²) in [5, 5.41) is 22.2. The molecule has 0 unspecified atom stereocenters. The van der Waals surface area contributed by atoms with Gasteiger partial charge in [0, 0.05) is 6.20 Å². The minimum absolute atomic E-state index is 0.0560. The lowest BCUT2D eigenvalue weighted by atomic mass is 10.1. The number of nitrogens with two attached hydrogens (primary N) is 1. The molecule has 1 aromatic rings. The summed E-state index contributed by atoms with van der Waals surface area (Å²) in [6.45, 7) is -0.912. The van der Waals surface area contributed by atoms with Gasteiger partial charge in [-0.3, -0.25) is 4.57 Å². The molecule has 5 N–H and O–H groups in total. The van der Waals surface area contributed by atoms with Crippen LogP contribution < -0.4 is 16.3 Å². The second-order valence-corrected chi connectivity index (χ2v) is 4.14. The van der Waals surface area contributed by atoms with Gasteiger partial charge in [-0.15, -0.1) is 0 Å². The molecule has 0 spiro atoms. The monoisotopic (exact) mass is 287 g/mol. The number of hydrogen-bond donors (Lipinski definition) is 4. The summed E-state index contributed by atoms with van der Waals surface area (Å²) >= 11 is 0. The highest BCUT2D eigenvalue weighted by Crippen LogP contribution is 2.38. The minimum Gasteiger partial charge on any atom is -0.391 e. The third-order valence-electron chi connectivity index (χ3n) is 2.93. The van der Waals surface area contributed by atoms with Crippen molar-refractivity contribution in [3.63, 3.8) is 0 Å². The highest BCUT2D eigenvalue weighted by Gasteiger charge is 2.60. The predicted octanol–water partition coefficient (Wildman–Crippen LogP) is -1.71. The fourth-order valence-electron chi connectivity index (χ4n) is 1.91. The second kappa shape index (κ2) is 5.06. The molecule has 0 bridgehead atoms. The molecule has 1 aliphatic rings. The Morgan fingerprint density at radius 1 is 1.75 bits per heavy atom. The molecule has 4 atom stereocenters. The fraction of sp³-hybridized carbons (Fsp3) is 0.556. The summed E-state index contributed by atoms with van der Waals surface area (Å²) in [6, 6.07) is 1.24. The second-order valence-electron chi connectivity index (χ2n) is 4.14. The van der Waals surface area contributed by atoms with Crippen molar-refractivity contribution in [3.05, 3.63) is 22.7 Å². The molecule has 2 heterocycles. The Hall–Kier alpha value is -2.20. The highest BCUT2D eigenvalue weighted by molar-refractivity contribution is 5.23. The van der Waals surface area contributed by atoms with E-state index >= 15 is 0 Å². The number of nitrogens with zero attached hydrogens (tertiary/aromatic N) is 4. The Morgan fingerprint density at radius 2 is 2.45 bits per heavy atom. The summed E-state index contributed by atoms with van der Waals surface area (Å²) in [7, 11) is 0. The predicted molar refractivity (Wildman–Crippen MR) is 61.0 cm³/mol. The van der Waals surface area contributed by atoms with Crippen LogP contribution in [0.4, 0.5) is 10.2 Å². The number of nitrogens with one attached hydrogen (secondary N) is 1. The number of hydrogen-bond acceptors (Lipinski definition) is 8. The van der Waals surface area contributed by atoms with Crippen LogP contribution in [0.25, 0.3) is 0 Å². The number of aliphatic hydroxyl groups is 2. The molecule has 10 nitrogen and oxygen atoms in total. The maximum absolute atomic E-state index is 14.1. The average Bonchev–Trinajstić information content (AvgIpc) is 2.65. The van der Waals surface area contributed by atoms with Crippen LogP contribution in [0.5, 0.6) is 0 Å². The smallest absolute Gasteiger partial charge is 0.351 e.